The molecule has 0 saturated heterocycles. The molecular formula is C17H15N3OS. The minimum absolute atomic E-state index is 0.161. The van der Waals surface area contributed by atoms with E-state index in [-0.39, 0.29) is 12.3 Å². The summed E-state index contributed by atoms with van der Waals surface area (Å²) in [7, 11) is 0. The van der Waals surface area contributed by atoms with Gasteiger partial charge in [-0.25, -0.2) is 10.4 Å². The van der Waals surface area contributed by atoms with Crippen LogP contribution in [0.4, 0.5) is 0 Å². The average molecular weight is 309 g/mol. The van der Waals surface area contributed by atoms with Crippen LogP contribution in [-0.2, 0) is 11.2 Å². The van der Waals surface area contributed by atoms with E-state index in [9.17, 15) is 4.79 Å². The molecule has 1 aromatic heterocycles. The Labute approximate surface area is 132 Å². The number of thiazole rings is 1. The molecule has 5 heteroatoms. The molecule has 0 aliphatic rings. The van der Waals surface area contributed by atoms with Crippen LogP contribution in [0, 0.1) is 6.92 Å². The van der Waals surface area contributed by atoms with Crippen molar-refractivity contribution in [1.82, 2.24) is 10.4 Å². The first-order chi connectivity index (χ1) is 10.7. The first kappa shape index (κ1) is 14.4. The van der Waals surface area contributed by atoms with Crippen LogP contribution in [0.15, 0.2) is 52.9 Å². The van der Waals surface area contributed by atoms with Crippen molar-refractivity contribution in [3.8, 4) is 0 Å². The maximum absolute atomic E-state index is 11.8. The molecule has 0 fully saturated rings. The topological polar surface area (TPSA) is 54.4 Å². The van der Waals surface area contributed by atoms with Crippen molar-refractivity contribution < 1.29 is 4.79 Å². The van der Waals surface area contributed by atoms with Crippen LogP contribution in [0.25, 0.3) is 10.8 Å². The van der Waals surface area contributed by atoms with E-state index in [0.29, 0.717) is 0 Å². The van der Waals surface area contributed by atoms with Crippen molar-refractivity contribution in [3.63, 3.8) is 0 Å². The summed E-state index contributed by atoms with van der Waals surface area (Å²) in [5.74, 6) is -0.161. The monoisotopic (exact) mass is 309 g/mol. The maximum atomic E-state index is 11.8. The van der Waals surface area contributed by atoms with Gasteiger partial charge in [-0.1, -0.05) is 42.5 Å². The second-order valence-corrected chi connectivity index (χ2v) is 5.86. The molecule has 0 aliphatic heterocycles. The van der Waals surface area contributed by atoms with Crippen molar-refractivity contribution in [2.45, 2.75) is 13.3 Å². The number of aryl methyl sites for hydroxylation is 1. The van der Waals surface area contributed by atoms with E-state index in [2.05, 4.69) is 27.6 Å². The lowest BCUT2D eigenvalue weighted by Gasteiger charge is -2.01. The van der Waals surface area contributed by atoms with Gasteiger partial charge >= 0.3 is 0 Å². The first-order valence-corrected chi connectivity index (χ1v) is 7.81. The summed E-state index contributed by atoms with van der Waals surface area (Å²) in [5, 5.41) is 9.04. The number of carbonyl (C=O) groups excluding carboxylic acids is 1. The fourth-order valence-electron chi connectivity index (χ4n) is 2.20. The van der Waals surface area contributed by atoms with Gasteiger partial charge in [0.05, 0.1) is 12.6 Å². The number of benzene rings is 2. The minimum Gasteiger partial charge on any atom is -0.273 e. The summed E-state index contributed by atoms with van der Waals surface area (Å²) in [6.07, 6.45) is 1.93. The van der Waals surface area contributed by atoms with Crippen LogP contribution in [-0.4, -0.2) is 17.1 Å². The molecule has 22 heavy (non-hydrogen) atoms. The normalized spacial score (nSPS) is 11.1. The highest BCUT2D eigenvalue weighted by Crippen LogP contribution is 2.16. The summed E-state index contributed by atoms with van der Waals surface area (Å²) >= 11 is 1.49. The van der Waals surface area contributed by atoms with Crippen LogP contribution in [0.5, 0.6) is 0 Å². The second kappa shape index (κ2) is 6.49. The lowest BCUT2D eigenvalue weighted by atomic mass is 10.1. The van der Waals surface area contributed by atoms with Crippen LogP contribution in [0.3, 0.4) is 0 Å². The molecule has 1 amide bonds. The largest absolute Gasteiger partial charge is 0.273 e. The molecule has 0 aliphatic carbocycles. The van der Waals surface area contributed by atoms with E-state index < -0.39 is 0 Å². The Morgan fingerprint density at radius 3 is 2.91 bits per heavy atom. The molecule has 1 N–H and O–H groups in total. The predicted molar refractivity (Wildman–Crippen MR) is 90.2 cm³/mol. The molecule has 0 saturated carbocycles. The summed E-state index contributed by atoms with van der Waals surface area (Å²) < 4.78 is 0. The number of carbonyl (C=O) groups is 1. The fourth-order valence-corrected chi connectivity index (χ4v) is 2.97. The van der Waals surface area contributed by atoms with Gasteiger partial charge in [0.1, 0.15) is 5.01 Å². The zero-order chi connectivity index (χ0) is 15.4. The third kappa shape index (κ3) is 3.38. The van der Waals surface area contributed by atoms with E-state index in [4.69, 9.17) is 0 Å². The van der Waals surface area contributed by atoms with Gasteiger partial charge in [-0.2, -0.15) is 5.10 Å². The van der Waals surface area contributed by atoms with Gasteiger partial charge in [-0.05, 0) is 17.7 Å². The molecular weight excluding hydrogens is 294 g/mol. The maximum Gasteiger partial charge on any atom is 0.246 e. The van der Waals surface area contributed by atoms with Crippen molar-refractivity contribution in [2.75, 3.05) is 0 Å². The summed E-state index contributed by atoms with van der Waals surface area (Å²) in [6.45, 7) is 1.91. The third-order valence-corrected chi connectivity index (χ3v) is 4.16. The van der Waals surface area contributed by atoms with Gasteiger partial charge in [0.15, 0.2) is 0 Å². The van der Waals surface area contributed by atoms with E-state index in [1.54, 1.807) is 6.21 Å². The highest BCUT2D eigenvalue weighted by Gasteiger charge is 2.05. The number of hydrazone groups is 1. The molecule has 0 bridgehead atoms. The van der Waals surface area contributed by atoms with Gasteiger partial charge in [0, 0.05) is 16.6 Å². The molecule has 0 unspecified atom stereocenters. The van der Waals surface area contributed by atoms with Gasteiger partial charge < -0.3 is 0 Å². The van der Waals surface area contributed by atoms with Crippen LogP contribution < -0.4 is 5.43 Å². The first-order valence-electron chi connectivity index (χ1n) is 6.93. The highest BCUT2D eigenvalue weighted by atomic mass is 32.1. The Bertz CT molecular complexity index is 833. The molecule has 4 nitrogen and oxygen atoms in total. The summed E-state index contributed by atoms with van der Waals surface area (Å²) in [6, 6.07) is 14.1. The van der Waals surface area contributed by atoms with E-state index in [0.717, 1.165) is 27.0 Å². The number of amides is 1. The zero-order valence-electron chi connectivity index (χ0n) is 12.1. The van der Waals surface area contributed by atoms with Gasteiger partial charge in [0.2, 0.25) is 5.91 Å². The molecule has 3 aromatic rings. The smallest absolute Gasteiger partial charge is 0.246 e. The van der Waals surface area contributed by atoms with E-state index in [1.165, 1.54) is 11.3 Å². The Kier molecular flexibility index (Phi) is 4.25. The summed E-state index contributed by atoms with van der Waals surface area (Å²) in [5.41, 5.74) is 4.46. The minimum atomic E-state index is -0.161. The van der Waals surface area contributed by atoms with Crippen molar-refractivity contribution in [1.29, 1.82) is 0 Å². The fraction of sp³-hybridized carbons (Fsp3) is 0.118. The number of hydrogen-bond donors (Lipinski definition) is 1. The molecule has 3 rings (SSSR count). The van der Waals surface area contributed by atoms with Crippen LogP contribution >= 0.6 is 11.3 Å². The lowest BCUT2D eigenvalue weighted by Crippen LogP contribution is -2.19. The number of fused-ring (bicyclic) bond motifs is 1. The SMILES string of the molecule is Cc1csc(CC(=O)N/N=C\c2cccc3ccccc23)n1. The quantitative estimate of drug-likeness (QED) is 0.594. The lowest BCUT2D eigenvalue weighted by molar-refractivity contribution is -0.120. The van der Waals surface area contributed by atoms with Crippen LogP contribution in [0.1, 0.15) is 16.3 Å². The number of hydrogen-bond acceptors (Lipinski definition) is 4. The van der Waals surface area contributed by atoms with Gasteiger partial charge in [-0.15, -0.1) is 11.3 Å². The predicted octanol–water partition coefficient (Wildman–Crippen LogP) is 3.30. The van der Waals surface area contributed by atoms with Crippen molar-refractivity contribution in [3.05, 3.63) is 64.1 Å². The standard InChI is InChI=1S/C17H15N3OS/c1-12-11-22-17(19-12)9-16(21)20-18-10-14-7-4-6-13-5-2-3-8-15(13)14/h2-8,10-11H,9H2,1H3,(H,20,21)/b18-10-. The molecule has 0 radical (unpaired) electrons. The Balaban J connectivity index is 1.67. The Morgan fingerprint density at radius 1 is 1.27 bits per heavy atom. The molecule has 1 heterocycles. The van der Waals surface area contributed by atoms with E-state index >= 15 is 0 Å². The van der Waals surface area contributed by atoms with Crippen LogP contribution in [0.2, 0.25) is 0 Å². The van der Waals surface area contributed by atoms with Crippen molar-refractivity contribution in [2.24, 2.45) is 5.10 Å². The number of aromatic nitrogens is 1. The van der Waals surface area contributed by atoms with Gasteiger partial charge in [0.25, 0.3) is 0 Å². The third-order valence-electron chi connectivity index (χ3n) is 3.19. The summed E-state index contributed by atoms with van der Waals surface area (Å²) in [4.78, 5) is 16.1. The molecule has 0 spiro atoms. The Morgan fingerprint density at radius 2 is 2.09 bits per heavy atom. The molecule has 0 atom stereocenters. The number of rotatable bonds is 4. The second-order valence-electron chi connectivity index (χ2n) is 4.92. The van der Waals surface area contributed by atoms with E-state index in [1.807, 2.05) is 42.6 Å². The number of nitrogens with one attached hydrogen (secondary N) is 1. The average Bonchev–Trinajstić information content (AvgIpc) is 2.92. The number of nitrogens with zero attached hydrogens (tertiary/aromatic N) is 2. The van der Waals surface area contributed by atoms with Gasteiger partial charge in [-0.3, -0.25) is 4.79 Å². The highest BCUT2D eigenvalue weighted by molar-refractivity contribution is 7.09. The Hall–Kier alpha value is -2.53. The van der Waals surface area contributed by atoms with Crippen molar-refractivity contribution >= 4 is 34.2 Å². The zero-order valence-corrected chi connectivity index (χ0v) is 12.9. The molecule has 2 aromatic carbocycles. The molecule has 110 valence electrons.